The van der Waals surface area contributed by atoms with Crippen molar-refractivity contribution in [3.63, 3.8) is 0 Å². The van der Waals surface area contributed by atoms with Crippen LogP contribution in [-0.2, 0) is 11.2 Å². The van der Waals surface area contributed by atoms with Crippen molar-refractivity contribution in [3.05, 3.63) is 84.4 Å². The van der Waals surface area contributed by atoms with E-state index in [4.69, 9.17) is 0 Å². The highest BCUT2D eigenvalue weighted by molar-refractivity contribution is 5.80. The molecular weight excluding hydrogens is 362 g/mol. The summed E-state index contributed by atoms with van der Waals surface area (Å²) < 4.78 is 1.82. The molecule has 4 heterocycles. The molecule has 1 aliphatic heterocycles. The van der Waals surface area contributed by atoms with Gasteiger partial charge in [0.05, 0.1) is 18.0 Å². The lowest BCUT2D eigenvalue weighted by atomic mass is 10.1. The summed E-state index contributed by atoms with van der Waals surface area (Å²) in [4.78, 5) is 19.0. The molecule has 0 bridgehead atoms. The van der Waals surface area contributed by atoms with Gasteiger partial charge in [0, 0.05) is 30.7 Å². The summed E-state index contributed by atoms with van der Waals surface area (Å²) >= 11 is 0. The number of benzene rings is 1. The Bertz CT molecular complexity index is 1140. The van der Waals surface area contributed by atoms with Crippen molar-refractivity contribution in [3.8, 4) is 11.1 Å². The van der Waals surface area contributed by atoms with E-state index in [-0.39, 0.29) is 11.9 Å². The largest absolute Gasteiger partial charge is 0.334 e. The summed E-state index contributed by atoms with van der Waals surface area (Å²) in [5.41, 5.74) is 4.99. The first kappa shape index (κ1) is 17.6. The molecule has 3 aromatic heterocycles. The Morgan fingerprint density at radius 3 is 2.76 bits per heavy atom. The summed E-state index contributed by atoms with van der Waals surface area (Å²) in [7, 11) is 0. The maximum Gasteiger partial charge on any atom is 0.227 e. The van der Waals surface area contributed by atoms with Gasteiger partial charge < -0.3 is 4.90 Å². The molecule has 1 aromatic carbocycles. The molecule has 6 heteroatoms. The van der Waals surface area contributed by atoms with Gasteiger partial charge in [-0.1, -0.05) is 47.7 Å². The molecule has 0 unspecified atom stereocenters. The van der Waals surface area contributed by atoms with Crippen LogP contribution < -0.4 is 0 Å². The van der Waals surface area contributed by atoms with Crippen molar-refractivity contribution in [2.45, 2.75) is 25.3 Å². The van der Waals surface area contributed by atoms with Gasteiger partial charge in [0.2, 0.25) is 5.91 Å². The molecule has 1 saturated heterocycles. The summed E-state index contributed by atoms with van der Waals surface area (Å²) in [5.74, 6) is 0.113. The molecule has 4 aromatic rings. The number of nitrogens with zero attached hydrogens (tertiary/aromatic N) is 5. The molecule has 0 aliphatic carbocycles. The van der Waals surface area contributed by atoms with Gasteiger partial charge in [-0.3, -0.25) is 9.78 Å². The SMILES string of the molecule is O=C(Cc1cccnc1)N1CCC[C@@H]1c1nnn2cc(-c3ccccc3)ccc12. The van der Waals surface area contributed by atoms with E-state index >= 15 is 0 Å². The number of rotatable bonds is 4. The monoisotopic (exact) mass is 383 g/mol. The Morgan fingerprint density at radius 2 is 1.93 bits per heavy atom. The second-order valence-electron chi connectivity index (χ2n) is 7.37. The van der Waals surface area contributed by atoms with Gasteiger partial charge in [-0.2, -0.15) is 0 Å². The van der Waals surface area contributed by atoms with Gasteiger partial charge in [0.15, 0.2) is 0 Å². The first-order valence-corrected chi connectivity index (χ1v) is 9.88. The minimum atomic E-state index is -0.0285. The number of hydrogen-bond acceptors (Lipinski definition) is 4. The Hall–Kier alpha value is -3.54. The predicted octanol–water partition coefficient (Wildman–Crippen LogP) is 3.70. The molecule has 29 heavy (non-hydrogen) atoms. The molecule has 1 fully saturated rings. The Balaban J connectivity index is 1.43. The molecule has 0 radical (unpaired) electrons. The second-order valence-corrected chi connectivity index (χ2v) is 7.37. The quantitative estimate of drug-likeness (QED) is 0.539. The minimum absolute atomic E-state index is 0.0285. The number of amides is 1. The van der Waals surface area contributed by atoms with Crippen molar-refractivity contribution < 1.29 is 4.79 Å². The number of carbonyl (C=O) groups excluding carboxylic acids is 1. The second kappa shape index (κ2) is 7.47. The van der Waals surface area contributed by atoms with Crippen molar-refractivity contribution in [1.82, 2.24) is 24.7 Å². The molecule has 144 valence electrons. The molecule has 1 atom stereocenters. The molecule has 5 rings (SSSR count). The summed E-state index contributed by atoms with van der Waals surface area (Å²) in [6, 6.07) is 18.1. The zero-order chi connectivity index (χ0) is 19.6. The standard InChI is InChI=1S/C23H21N5O/c29-22(14-17-6-4-12-24-15-17)27-13-5-9-20(27)23-21-11-10-19(16-28(21)26-25-23)18-7-2-1-3-8-18/h1-4,6-8,10-12,15-16,20H,5,9,13-14H2/t20-/m1/s1. The Labute approximate surface area is 168 Å². The maximum absolute atomic E-state index is 12.9. The van der Waals surface area contributed by atoms with E-state index in [2.05, 4.69) is 39.6 Å². The van der Waals surface area contributed by atoms with E-state index in [0.717, 1.165) is 47.3 Å². The van der Waals surface area contributed by atoms with Crippen LogP contribution >= 0.6 is 0 Å². The number of hydrogen-bond donors (Lipinski definition) is 0. The maximum atomic E-state index is 12.9. The lowest BCUT2D eigenvalue weighted by Crippen LogP contribution is -2.32. The van der Waals surface area contributed by atoms with Gasteiger partial charge >= 0.3 is 0 Å². The lowest BCUT2D eigenvalue weighted by Gasteiger charge is -2.23. The molecule has 6 nitrogen and oxygen atoms in total. The third kappa shape index (κ3) is 3.38. The number of likely N-dealkylation sites (tertiary alicyclic amines) is 1. The Kier molecular flexibility index (Phi) is 4.52. The minimum Gasteiger partial charge on any atom is -0.334 e. The predicted molar refractivity (Wildman–Crippen MR) is 110 cm³/mol. The third-order valence-corrected chi connectivity index (χ3v) is 5.51. The third-order valence-electron chi connectivity index (χ3n) is 5.51. The average molecular weight is 383 g/mol. The fourth-order valence-electron chi connectivity index (χ4n) is 4.08. The van der Waals surface area contributed by atoms with E-state index in [1.807, 2.05) is 45.9 Å². The van der Waals surface area contributed by atoms with Gasteiger partial charge in [-0.05, 0) is 36.1 Å². The van der Waals surface area contributed by atoms with Gasteiger partial charge in [-0.15, -0.1) is 5.10 Å². The number of pyridine rings is 2. The van der Waals surface area contributed by atoms with E-state index in [1.165, 1.54) is 0 Å². The van der Waals surface area contributed by atoms with Crippen molar-refractivity contribution >= 4 is 11.4 Å². The van der Waals surface area contributed by atoms with Gasteiger partial charge in [0.1, 0.15) is 5.69 Å². The van der Waals surface area contributed by atoms with Crippen LogP contribution in [0, 0.1) is 0 Å². The highest BCUT2D eigenvalue weighted by Crippen LogP contribution is 2.34. The number of aromatic nitrogens is 4. The van der Waals surface area contributed by atoms with Crippen LogP contribution in [0.5, 0.6) is 0 Å². The first-order valence-electron chi connectivity index (χ1n) is 9.88. The lowest BCUT2D eigenvalue weighted by molar-refractivity contribution is -0.131. The van der Waals surface area contributed by atoms with E-state index < -0.39 is 0 Å². The molecular formula is C23H21N5O. The van der Waals surface area contributed by atoms with Crippen molar-refractivity contribution in [2.24, 2.45) is 0 Å². The van der Waals surface area contributed by atoms with Crippen LogP contribution in [0.2, 0.25) is 0 Å². The molecule has 1 aliphatic rings. The van der Waals surface area contributed by atoms with Crippen LogP contribution in [-0.4, -0.2) is 37.2 Å². The first-order chi connectivity index (χ1) is 14.3. The molecule has 0 spiro atoms. The van der Waals surface area contributed by atoms with Crippen LogP contribution in [0.15, 0.2) is 73.2 Å². The normalized spacial score (nSPS) is 16.4. The highest BCUT2D eigenvalue weighted by Gasteiger charge is 2.33. The van der Waals surface area contributed by atoms with E-state index in [0.29, 0.717) is 6.42 Å². The van der Waals surface area contributed by atoms with Crippen LogP contribution in [0.25, 0.3) is 16.6 Å². The Morgan fingerprint density at radius 1 is 1.03 bits per heavy atom. The van der Waals surface area contributed by atoms with Crippen LogP contribution in [0.4, 0.5) is 0 Å². The van der Waals surface area contributed by atoms with Gasteiger partial charge in [-0.25, -0.2) is 4.52 Å². The zero-order valence-electron chi connectivity index (χ0n) is 16.0. The molecule has 1 amide bonds. The molecule has 0 saturated carbocycles. The number of carbonyl (C=O) groups is 1. The summed E-state index contributed by atoms with van der Waals surface area (Å²) in [6.07, 6.45) is 7.72. The molecule has 0 N–H and O–H groups in total. The average Bonchev–Trinajstić information content (AvgIpc) is 3.41. The van der Waals surface area contributed by atoms with Crippen LogP contribution in [0.3, 0.4) is 0 Å². The van der Waals surface area contributed by atoms with Gasteiger partial charge in [0.25, 0.3) is 0 Å². The fraction of sp³-hybridized carbons (Fsp3) is 0.217. The fourth-order valence-corrected chi connectivity index (χ4v) is 4.08. The van der Waals surface area contributed by atoms with Crippen molar-refractivity contribution in [1.29, 1.82) is 0 Å². The van der Waals surface area contributed by atoms with Crippen molar-refractivity contribution in [2.75, 3.05) is 6.54 Å². The highest BCUT2D eigenvalue weighted by atomic mass is 16.2. The van der Waals surface area contributed by atoms with E-state index in [1.54, 1.807) is 12.4 Å². The smallest absolute Gasteiger partial charge is 0.227 e. The summed E-state index contributed by atoms with van der Waals surface area (Å²) in [6.45, 7) is 0.755. The number of fused-ring (bicyclic) bond motifs is 1. The van der Waals surface area contributed by atoms with E-state index in [9.17, 15) is 4.79 Å². The topological polar surface area (TPSA) is 63.4 Å². The summed E-state index contributed by atoms with van der Waals surface area (Å²) in [5, 5.41) is 8.80. The van der Waals surface area contributed by atoms with Crippen LogP contribution in [0.1, 0.15) is 30.1 Å². The zero-order valence-corrected chi connectivity index (χ0v) is 16.0.